The van der Waals surface area contributed by atoms with Gasteiger partial charge in [0.1, 0.15) is 5.75 Å². The predicted molar refractivity (Wildman–Crippen MR) is 105 cm³/mol. The largest absolute Gasteiger partial charge is 0.480 e. The molecule has 0 radical (unpaired) electrons. The molecule has 0 saturated carbocycles. The molecule has 0 bridgehead atoms. The fourth-order valence-electron chi connectivity index (χ4n) is 2.78. The van der Waals surface area contributed by atoms with Crippen molar-refractivity contribution >= 4 is 50.7 Å². The van der Waals surface area contributed by atoms with Crippen molar-refractivity contribution in [3.05, 3.63) is 57.1 Å². The number of benzene rings is 2. The molecule has 0 saturated heterocycles. The molecule has 2 aromatic rings. The number of nitrogens with one attached hydrogen (secondary N) is 2. The number of hydrogen-bond donors (Lipinski definition) is 2. The highest BCUT2D eigenvalue weighted by atomic mass is 79.9. The van der Waals surface area contributed by atoms with E-state index < -0.39 is 0 Å². The highest BCUT2D eigenvalue weighted by Gasteiger charge is 2.20. The van der Waals surface area contributed by atoms with E-state index in [1.165, 1.54) is 0 Å². The fraction of sp³-hybridized carbons (Fsp3) is 0.278. The number of hydrogen-bond acceptors (Lipinski definition) is 3. The maximum Gasteiger partial charge on any atom is 0.255 e. The second-order valence-corrected chi connectivity index (χ2v) is 7.82. The second kappa shape index (κ2) is 7.96. The number of anilines is 1. The zero-order chi connectivity index (χ0) is 18.0. The van der Waals surface area contributed by atoms with Gasteiger partial charge < -0.3 is 15.4 Å². The molecule has 0 spiro atoms. The third kappa shape index (κ3) is 4.29. The van der Waals surface area contributed by atoms with Gasteiger partial charge in [0.15, 0.2) is 5.01 Å². The van der Waals surface area contributed by atoms with Crippen LogP contribution in [0.4, 0.5) is 5.69 Å². The van der Waals surface area contributed by atoms with Gasteiger partial charge in [-0.25, -0.2) is 0 Å². The minimum atomic E-state index is -0.269. The SMILES string of the molecule is CC(Br)Oc1cccc(C(=O)Nc2cc(Cl)c3c(c2Cl)CNCC3)c1. The summed E-state index contributed by atoms with van der Waals surface area (Å²) in [4.78, 5) is 12.6. The first-order valence-electron chi connectivity index (χ1n) is 7.88. The molecular weight excluding hydrogens is 427 g/mol. The van der Waals surface area contributed by atoms with E-state index in [0.29, 0.717) is 33.6 Å². The normalized spacial score (nSPS) is 14.6. The summed E-state index contributed by atoms with van der Waals surface area (Å²) in [6.45, 7) is 3.37. The predicted octanol–water partition coefficient (Wildman–Crippen LogP) is 5.01. The van der Waals surface area contributed by atoms with E-state index in [-0.39, 0.29) is 10.9 Å². The summed E-state index contributed by atoms with van der Waals surface area (Å²) in [7, 11) is 0. The van der Waals surface area contributed by atoms with Gasteiger partial charge in [0.25, 0.3) is 5.91 Å². The van der Waals surface area contributed by atoms with Gasteiger partial charge in [-0.05, 0) is 71.2 Å². The Morgan fingerprint density at radius 2 is 2.12 bits per heavy atom. The molecule has 25 heavy (non-hydrogen) atoms. The first-order valence-corrected chi connectivity index (χ1v) is 9.55. The maximum atomic E-state index is 12.6. The summed E-state index contributed by atoms with van der Waals surface area (Å²) in [6, 6.07) is 8.68. The van der Waals surface area contributed by atoms with E-state index in [4.69, 9.17) is 27.9 Å². The van der Waals surface area contributed by atoms with Crippen LogP contribution in [0.25, 0.3) is 0 Å². The highest BCUT2D eigenvalue weighted by Crippen LogP contribution is 2.36. The van der Waals surface area contributed by atoms with Gasteiger partial charge in [0.2, 0.25) is 0 Å². The smallest absolute Gasteiger partial charge is 0.255 e. The fourth-order valence-corrected chi connectivity index (χ4v) is 3.60. The zero-order valence-electron chi connectivity index (χ0n) is 13.5. The summed E-state index contributed by atoms with van der Waals surface area (Å²) in [5.74, 6) is 0.338. The van der Waals surface area contributed by atoms with Gasteiger partial charge in [-0.1, -0.05) is 29.3 Å². The van der Waals surface area contributed by atoms with Crippen molar-refractivity contribution in [2.45, 2.75) is 24.9 Å². The van der Waals surface area contributed by atoms with Crippen molar-refractivity contribution in [1.82, 2.24) is 5.32 Å². The van der Waals surface area contributed by atoms with Crippen LogP contribution >= 0.6 is 39.1 Å². The first-order chi connectivity index (χ1) is 12.0. The van der Waals surface area contributed by atoms with E-state index in [9.17, 15) is 4.79 Å². The van der Waals surface area contributed by atoms with E-state index in [0.717, 1.165) is 24.1 Å². The van der Waals surface area contributed by atoms with Crippen LogP contribution in [0.2, 0.25) is 10.0 Å². The van der Waals surface area contributed by atoms with Crippen molar-refractivity contribution in [2.24, 2.45) is 0 Å². The molecule has 1 atom stereocenters. The lowest BCUT2D eigenvalue weighted by molar-refractivity contribution is 0.102. The standard InChI is InChI=1S/C18H17BrCl2N2O2/c1-10(19)25-12-4-2-3-11(7-12)18(24)23-16-8-15(20)13-5-6-22-9-14(13)17(16)21/h2-4,7-8,10,22H,5-6,9H2,1H3,(H,23,24). The number of halogens is 3. The van der Waals surface area contributed by atoms with Gasteiger partial charge >= 0.3 is 0 Å². The first kappa shape index (κ1) is 18.5. The number of carbonyl (C=O) groups is 1. The molecule has 1 unspecified atom stereocenters. The molecule has 1 amide bonds. The monoisotopic (exact) mass is 442 g/mol. The van der Waals surface area contributed by atoms with Crippen LogP contribution in [-0.4, -0.2) is 17.5 Å². The van der Waals surface area contributed by atoms with Crippen molar-refractivity contribution in [3.63, 3.8) is 0 Å². The lowest BCUT2D eigenvalue weighted by Gasteiger charge is -2.22. The molecule has 132 valence electrons. The number of alkyl halides is 1. The van der Waals surface area contributed by atoms with E-state index in [1.807, 2.05) is 6.92 Å². The van der Waals surface area contributed by atoms with Crippen LogP contribution in [0.1, 0.15) is 28.4 Å². The molecule has 1 heterocycles. The Morgan fingerprint density at radius 1 is 1.32 bits per heavy atom. The quantitative estimate of drug-likeness (QED) is 0.653. The molecule has 0 fully saturated rings. The average molecular weight is 444 g/mol. The molecule has 0 aromatic heterocycles. The number of ether oxygens (including phenoxy) is 1. The molecule has 4 nitrogen and oxygen atoms in total. The Labute approximate surface area is 165 Å². The second-order valence-electron chi connectivity index (χ2n) is 5.75. The Bertz CT molecular complexity index is 812. The molecule has 2 N–H and O–H groups in total. The minimum absolute atomic E-state index is 0.146. The summed E-state index contributed by atoms with van der Waals surface area (Å²) < 4.78 is 5.55. The highest BCUT2D eigenvalue weighted by molar-refractivity contribution is 9.09. The van der Waals surface area contributed by atoms with Gasteiger partial charge in [-0.3, -0.25) is 4.79 Å². The molecule has 1 aliphatic heterocycles. The number of amides is 1. The molecular formula is C18H17BrCl2N2O2. The lowest BCUT2D eigenvalue weighted by Crippen LogP contribution is -2.25. The molecule has 2 aromatic carbocycles. The van der Waals surface area contributed by atoms with Crippen molar-refractivity contribution in [3.8, 4) is 5.75 Å². The number of carbonyl (C=O) groups excluding carboxylic acids is 1. The topological polar surface area (TPSA) is 50.4 Å². The van der Waals surface area contributed by atoms with Crippen molar-refractivity contribution < 1.29 is 9.53 Å². The van der Waals surface area contributed by atoms with E-state index >= 15 is 0 Å². The van der Waals surface area contributed by atoms with E-state index in [1.54, 1.807) is 30.3 Å². The van der Waals surface area contributed by atoms with Crippen LogP contribution in [-0.2, 0) is 13.0 Å². The third-order valence-corrected chi connectivity index (χ3v) is 4.88. The molecule has 1 aliphatic rings. The number of rotatable bonds is 4. The molecule has 3 rings (SSSR count). The summed E-state index contributed by atoms with van der Waals surface area (Å²) >= 11 is 16.2. The van der Waals surface area contributed by atoms with Gasteiger partial charge in [0.05, 0.1) is 10.7 Å². The molecule has 0 aliphatic carbocycles. The summed E-state index contributed by atoms with van der Waals surface area (Å²) in [6.07, 6.45) is 0.826. The van der Waals surface area contributed by atoms with Crippen molar-refractivity contribution in [2.75, 3.05) is 11.9 Å². The lowest BCUT2D eigenvalue weighted by atomic mass is 10.00. The Kier molecular flexibility index (Phi) is 5.89. The van der Waals surface area contributed by atoms with Gasteiger partial charge in [0, 0.05) is 17.1 Å². The number of fused-ring (bicyclic) bond motifs is 1. The van der Waals surface area contributed by atoms with E-state index in [2.05, 4.69) is 26.6 Å². The average Bonchev–Trinajstić information content (AvgIpc) is 2.59. The Balaban J connectivity index is 1.85. The van der Waals surface area contributed by atoms with Crippen LogP contribution in [0.15, 0.2) is 30.3 Å². The van der Waals surface area contributed by atoms with Crippen molar-refractivity contribution in [1.29, 1.82) is 0 Å². The van der Waals surface area contributed by atoms with Gasteiger partial charge in [-0.2, -0.15) is 0 Å². The Hall–Kier alpha value is -1.27. The molecule has 7 heteroatoms. The van der Waals surface area contributed by atoms with Crippen LogP contribution in [0.5, 0.6) is 5.75 Å². The summed E-state index contributed by atoms with van der Waals surface area (Å²) in [5, 5.41) is 7.13. The Morgan fingerprint density at radius 3 is 2.88 bits per heavy atom. The summed E-state index contributed by atoms with van der Waals surface area (Å²) in [5.41, 5.74) is 2.99. The maximum absolute atomic E-state index is 12.6. The van der Waals surface area contributed by atoms with Crippen LogP contribution in [0.3, 0.4) is 0 Å². The van der Waals surface area contributed by atoms with Crippen LogP contribution in [0, 0.1) is 0 Å². The minimum Gasteiger partial charge on any atom is -0.480 e. The third-order valence-electron chi connectivity index (χ3n) is 3.92. The van der Waals surface area contributed by atoms with Gasteiger partial charge in [-0.15, -0.1) is 0 Å². The van der Waals surface area contributed by atoms with Crippen LogP contribution < -0.4 is 15.4 Å². The zero-order valence-corrected chi connectivity index (χ0v) is 16.6.